The highest BCUT2D eigenvalue weighted by molar-refractivity contribution is 6.31. The van der Waals surface area contributed by atoms with Gasteiger partial charge in [0.05, 0.1) is 6.10 Å². The first-order valence-electron chi connectivity index (χ1n) is 8.27. The highest BCUT2D eigenvalue weighted by Crippen LogP contribution is 2.28. The van der Waals surface area contributed by atoms with Crippen LogP contribution in [0.25, 0.3) is 10.9 Å². The lowest BCUT2D eigenvalue weighted by Crippen LogP contribution is -2.24. The SMILES string of the molecule is Cc1c(CNC[C@H](C)O)c2ccccc2n1Cc1ccccc1Cl. The molecule has 0 unspecified atom stereocenters. The number of halogens is 1. The Bertz CT molecular complexity index is 839. The van der Waals surface area contributed by atoms with Gasteiger partial charge in [0, 0.05) is 41.3 Å². The Morgan fingerprint density at radius 2 is 1.83 bits per heavy atom. The van der Waals surface area contributed by atoms with Crippen molar-refractivity contribution in [2.24, 2.45) is 0 Å². The van der Waals surface area contributed by atoms with Crippen molar-refractivity contribution >= 4 is 22.5 Å². The Morgan fingerprint density at radius 1 is 1.12 bits per heavy atom. The van der Waals surface area contributed by atoms with Crippen LogP contribution in [0.4, 0.5) is 0 Å². The molecule has 2 aromatic carbocycles. The van der Waals surface area contributed by atoms with Crippen molar-refractivity contribution in [2.45, 2.75) is 33.0 Å². The van der Waals surface area contributed by atoms with Crippen LogP contribution in [0.5, 0.6) is 0 Å². The van der Waals surface area contributed by atoms with E-state index in [0.29, 0.717) is 6.54 Å². The maximum absolute atomic E-state index is 9.46. The fraction of sp³-hybridized carbons (Fsp3) is 0.300. The van der Waals surface area contributed by atoms with Crippen molar-refractivity contribution in [3.8, 4) is 0 Å². The molecule has 0 aliphatic heterocycles. The van der Waals surface area contributed by atoms with Crippen LogP contribution in [-0.2, 0) is 13.1 Å². The van der Waals surface area contributed by atoms with Gasteiger partial charge in [0.1, 0.15) is 0 Å². The number of rotatable bonds is 6. The molecule has 1 aromatic heterocycles. The summed E-state index contributed by atoms with van der Waals surface area (Å²) in [6.07, 6.45) is -0.346. The lowest BCUT2D eigenvalue weighted by molar-refractivity contribution is 0.191. The minimum atomic E-state index is -0.346. The van der Waals surface area contributed by atoms with Crippen molar-refractivity contribution in [3.63, 3.8) is 0 Å². The van der Waals surface area contributed by atoms with E-state index in [1.165, 1.54) is 22.2 Å². The quantitative estimate of drug-likeness (QED) is 0.707. The number of hydrogen-bond acceptors (Lipinski definition) is 2. The zero-order valence-corrected chi connectivity index (χ0v) is 14.8. The van der Waals surface area contributed by atoms with E-state index in [-0.39, 0.29) is 6.10 Å². The van der Waals surface area contributed by atoms with Crippen LogP contribution < -0.4 is 5.32 Å². The minimum Gasteiger partial charge on any atom is -0.392 e. The number of fused-ring (bicyclic) bond motifs is 1. The second kappa shape index (κ2) is 7.39. The molecule has 0 spiro atoms. The molecule has 0 saturated carbocycles. The number of hydrogen-bond donors (Lipinski definition) is 2. The van der Waals surface area contributed by atoms with Crippen molar-refractivity contribution in [2.75, 3.05) is 6.54 Å². The van der Waals surface area contributed by atoms with Gasteiger partial charge in [-0.2, -0.15) is 0 Å². The zero-order chi connectivity index (χ0) is 17.1. The van der Waals surface area contributed by atoms with Gasteiger partial charge in [-0.05, 0) is 37.1 Å². The molecule has 1 atom stereocenters. The van der Waals surface area contributed by atoms with E-state index in [2.05, 4.69) is 47.1 Å². The number of aromatic nitrogens is 1. The molecule has 0 amide bonds. The number of aliphatic hydroxyl groups excluding tert-OH is 1. The summed E-state index contributed by atoms with van der Waals surface area (Å²) in [5.74, 6) is 0. The number of aliphatic hydroxyl groups is 1. The van der Waals surface area contributed by atoms with Crippen LogP contribution in [0, 0.1) is 6.92 Å². The predicted molar refractivity (Wildman–Crippen MR) is 101 cm³/mol. The predicted octanol–water partition coefficient (Wildman–Crippen LogP) is 4.12. The highest BCUT2D eigenvalue weighted by Gasteiger charge is 2.14. The number of para-hydroxylation sites is 1. The van der Waals surface area contributed by atoms with E-state index in [4.69, 9.17) is 11.6 Å². The third kappa shape index (κ3) is 3.48. The Labute approximate surface area is 147 Å². The zero-order valence-electron chi connectivity index (χ0n) is 14.1. The van der Waals surface area contributed by atoms with Crippen LogP contribution in [-0.4, -0.2) is 22.3 Å². The smallest absolute Gasteiger partial charge is 0.0636 e. The van der Waals surface area contributed by atoms with E-state index < -0.39 is 0 Å². The van der Waals surface area contributed by atoms with Gasteiger partial charge in [0.15, 0.2) is 0 Å². The summed E-state index contributed by atoms with van der Waals surface area (Å²) >= 11 is 6.35. The fourth-order valence-electron chi connectivity index (χ4n) is 3.13. The second-order valence-corrected chi connectivity index (χ2v) is 6.65. The average Bonchev–Trinajstić information content (AvgIpc) is 2.82. The van der Waals surface area contributed by atoms with E-state index in [1.807, 2.05) is 18.2 Å². The Hall–Kier alpha value is -1.81. The Kier molecular flexibility index (Phi) is 5.24. The van der Waals surface area contributed by atoms with Crippen LogP contribution in [0.3, 0.4) is 0 Å². The molecule has 3 rings (SSSR count). The molecule has 1 heterocycles. The summed E-state index contributed by atoms with van der Waals surface area (Å²) < 4.78 is 2.32. The monoisotopic (exact) mass is 342 g/mol. The summed E-state index contributed by atoms with van der Waals surface area (Å²) in [5.41, 5.74) is 4.84. The van der Waals surface area contributed by atoms with Gasteiger partial charge >= 0.3 is 0 Å². The Morgan fingerprint density at radius 3 is 2.58 bits per heavy atom. The summed E-state index contributed by atoms with van der Waals surface area (Å²) in [6.45, 7) is 6.02. The van der Waals surface area contributed by atoms with E-state index >= 15 is 0 Å². The summed E-state index contributed by atoms with van der Waals surface area (Å²) in [6, 6.07) is 16.4. The van der Waals surface area contributed by atoms with Crippen molar-refractivity contribution in [1.29, 1.82) is 0 Å². The van der Waals surface area contributed by atoms with Gasteiger partial charge in [-0.25, -0.2) is 0 Å². The summed E-state index contributed by atoms with van der Waals surface area (Å²) in [4.78, 5) is 0. The largest absolute Gasteiger partial charge is 0.392 e. The van der Waals surface area contributed by atoms with Crippen LogP contribution in [0.1, 0.15) is 23.7 Å². The first-order valence-corrected chi connectivity index (χ1v) is 8.64. The van der Waals surface area contributed by atoms with Gasteiger partial charge in [0.2, 0.25) is 0 Å². The fourth-order valence-corrected chi connectivity index (χ4v) is 3.33. The van der Waals surface area contributed by atoms with E-state index in [0.717, 1.165) is 23.7 Å². The molecular weight excluding hydrogens is 320 g/mol. The normalized spacial score (nSPS) is 12.7. The lowest BCUT2D eigenvalue weighted by Gasteiger charge is -2.11. The first-order chi connectivity index (χ1) is 11.6. The van der Waals surface area contributed by atoms with Crippen molar-refractivity contribution in [1.82, 2.24) is 9.88 Å². The third-order valence-electron chi connectivity index (χ3n) is 4.39. The van der Waals surface area contributed by atoms with E-state index in [1.54, 1.807) is 6.92 Å². The molecule has 0 saturated heterocycles. The molecule has 0 aliphatic rings. The molecule has 0 radical (unpaired) electrons. The maximum Gasteiger partial charge on any atom is 0.0636 e. The molecule has 3 aromatic rings. The van der Waals surface area contributed by atoms with Crippen LogP contribution in [0.15, 0.2) is 48.5 Å². The van der Waals surface area contributed by atoms with Gasteiger partial charge < -0.3 is 15.0 Å². The van der Waals surface area contributed by atoms with Gasteiger partial charge in [-0.1, -0.05) is 48.0 Å². The molecule has 0 bridgehead atoms. The van der Waals surface area contributed by atoms with Gasteiger partial charge in [0.25, 0.3) is 0 Å². The Balaban J connectivity index is 1.99. The van der Waals surface area contributed by atoms with Crippen LogP contribution >= 0.6 is 11.6 Å². The summed E-state index contributed by atoms with van der Waals surface area (Å²) in [5, 5.41) is 14.8. The second-order valence-electron chi connectivity index (χ2n) is 6.24. The van der Waals surface area contributed by atoms with Gasteiger partial charge in [-0.3, -0.25) is 0 Å². The maximum atomic E-state index is 9.46. The summed E-state index contributed by atoms with van der Waals surface area (Å²) in [7, 11) is 0. The molecule has 0 aliphatic carbocycles. The molecule has 4 heteroatoms. The molecule has 24 heavy (non-hydrogen) atoms. The average molecular weight is 343 g/mol. The number of nitrogens with zero attached hydrogens (tertiary/aromatic N) is 1. The lowest BCUT2D eigenvalue weighted by atomic mass is 10.1. The minimum absolute atomic E-state index is 0.346. The third-order valence-corrected chi connectivity index (χ3v) is 4.76. The van der Waals surface area contributed by atoms with Crippen molar-refractivity contribution in [3.05, 3.63) is 70.4 Å². The van der Waals surface area contributed by atoms with Crippen LogP contribution in [0.2, 0.25) is 5.02 Å². The first kappa shape index (κ1) is 17.0. The molecule has 0 fully saturated rings. The van der Waals surface area contributed by atoms with E-state index in [9.17, 15) is 5.11 Å². The van der Waals surface area contributed by atoms with Crippen molar-refractivity contribution < 1.29 is 5.11 Å². The molecule has 3 nitrogen and oxygen atoms in total. The topological polar surface area (TPSA) is 37.2 Å². The van der Waals surface area contributed by atoms with Gasteiger partial charge in [-0.15, -0.1) is 0 Å². The standard InChI is InChI=1S/C20H23ClN2O/c1-14(24)11-22-12-18-15(2)23(20-10-6-4-8-17(18)20)13-16-7-3-5-9-19(16)21/h3-10,14,22,24H,11-13H2,1-2H3/t14-/m0/s1. The molecule has 2 N–H and O–H groups in total. The number of nitrogens with one attached hydrogen (secondary N) is 1. The number of benzene rings is 2. The molecular formula is C20H23ClN2O. The molecule has 126 valence electrons. The highest BCUT2D eigenvalue weighted by atomic mass is 35.5.